The first kappa shape index (κ1) is 26.7. The lowest BCUT2D eigenvalue weighted by Crippen LogP contribution is -2.44. The maximum Gasteiger partial charge on any atom is 0.408 e. The van der Waals surface area contributed by atoms with E-state index in [-0.39, 0.29) is 6.42 Å². The van der Waals surface area contributed by atoms with E-state index in [9.17, 15) is 13.8 Å². The summed E-state index contributed by atoms with van der Waals surface area (Å²) in [6, 6.07) is 24.6. The highest BCUT2D eigenvalue weighted by atomic mass is 32.2. The number of benzene rings is 3. The number of nitrogens with one attached hydrogen (secondary N) is 1. The molecule has 1 N–H and O–H groups in total. The minimum Gasteiger partial charge on any atom is -0.444 e. The second kappa shape index (κ2) is 11.7. The number of amides is 2. The molecule has 7 heteroatoms. The summed E-state index contributed by atoms with van der Waals surface area (Å²) >= 11 is 0. The molecule has 0 spiro atoms. The highest BCUT2D eigenvalue weighted by Gasteiger charge is 2.26. The Hall–Kier alpha value is -3.89. The molecule has 6 nitrogen and oxygen atoms in total. The predicted octanol–water partition coefficient (Wildman–Crippen LogP) is 5.21. The predicted molar refractivity (Wildman–Crippen MR) is 142 cm³/mol. The van der Waals surface area contributed by atoms with Crippen LogP contribution in [-0.4, -0.2) is 34.1 Å². The molecule has 0 aliphatic carbocycles. The number of alkyl carbamates (subject to hydrolysis) is 1. The van der Waals surface area contributed by atoms with Crippen molar-refractivity contribution in [2.45, 2.75) is 43.7 Å². The van der Waals surface area contributed by atoms with Crippen LogP contribution in [0.4, 0.5) is 4.79 Å². The largest absolute Gasteiger partial charge is 0.444 e. The van der Waals surface area contributed by atoms with E-state index < -0.39 is 33.4 Å². The minimum absolute atomic E-state index is 0.186. The van der Waals surface area contributed by atoms with Gasteiger partial charge in [0, 0.05) is 28.7 Å². The normalized spacial score (nSPS) is 13.3. The van der Waals surface area contributed by atoms with Gasteiger partial charge in [-0.1, -0.05) is 60.4 Å². The third kappa shape index (κ3) is 8.40. The standard InChI is InChI=1S/C29H30N2O4S/c1-29(2,3)35-28(33)30-26(21-24-13-9-6-10-14-24)27(32)31-36(4,34)25-19-17-23(18-20-25)16-15-22-11-7-5-8-12-22/h5-14,17-20,26H,21H2,1-4H3,(H,30,33)/t26-,36?/m0/s1. The second-order valence-corrected chi connectivity index (χ2v) is 11.5. The average Bonchev–Trinajstić information content (AvgIpc) is 2.82. The zero-order valence-corrected chi connectivity index (χ0v) is 21.7. The van der Waals surface area contributed by atoms with E-state index in [1.807, 2.05) is 60.7 Å². The first-order chi connectivity index (χ1) is 17.0. The van der Waals surface area contributed by atoms with Crippen molar-refractivity contribution in [3.05, 3.63) is 102 Å². The lowest BCUT2D eigenvalue weighted by molar-refractivity contribution is -0.119. The summed E-state index contributed by atoms with van der Waals surface area (Å²) in [5.74, 6) is 5.45. The fourth-order valence-electron chi connectivity index (χ4n) is 3.24. The summed E-state index contributed by atoms with van der Waals surface area (Å²) in [4.78, 5) is 25.9. The maximum absolute atomic E-state index is 13.4. The first-order valence-electron chi connectivity index (χ1n) is 11.5. The van der Waals surface area contributed by atoms with Crippen LogP contribution in [0.2, 0.25) is 0 Å². The molecule has 3 rings (SSSR count). The lowest BCUT2D eigenvalue weighted by Gasteiger charge is -2.22. The van der Waals surface area contributed by atoms with Crippen LogP contribution in [0, 0.1) is 11.8 Å². The molecule has 3 aromatic carbocycles. The van der Waals surface area contributed by atoms with Crippen LogP contribution in [0.15, 0.2) is 94.2 Å². The van der Waals surface area contributed by atoms with E-state index in [0.717, 1.165) is 16.7 Å². The van der Waals surface area contributed by atoms with Gasteiger partial charge in [0.05, 0.1) is 9.73 Å². The highest BCUT2D eigenvalue weighted by Crippen LogP contribution is 2.15. The topological polar surface area (TPSA) is 84.8 Å². The molecule has 0 aliphatic rings. The van der Waals surface area contributed by atoms with Crippen LogP contribution in [0.3, 0.4) is 0 Å². The van der Waals surface area contributed by atoms with Gasteiger partial charge in [-0.15, -0.1) is 0 Å². The Kier molecular flexibility index (Phi) is 8.68. The number of hydrogen-bond acceptors (Lipinski definition) is 4. The highest BCUT2D eigenvalue weighted by molar-refractivity contribution is 7.93. The smallest absolute Gasteiger partial charge is 0.408 e. The van der Waals surface area contributed by atoms with Gasteiger partial charge in [-0.25, -0.2) is 9.00 Å². The zero-order valence-electron chi connectivity index (χ0n) is 20.9. The lowest BCUT2D eigenvalue weighted by atomic mass is 10.1. The quantitative estimate of drug-likeness (QED) is 0.486. The maximum atomic E-state index is 13.4. The van der Waals surface area contributed by atoms with Crippen molar-refractivity contribution in [1.29, 1.82) is 0 Å². The number of ether oxygens (including phenoxy) is 1. The SMILES string of the molecule is CC(C)(C)OC(=O)N[C@@H](Cc1ccccc1)C(=O)N=S(C)(=O)c1ccc(C#Cc2ccccc2)cc1. The van der Waals surface area contributed by atoms with Gasteiger partial charge in [0.2, 0.25) is 0 Å². The molecule has 0 heterocycles. The minimum atomic E-state index is -3.07. The van der Waals surface area contributed by atoms with Gasteiger partial charge in [-0.2, -0.15) is 4.36 Å². The van der Waals surface area contributed by atoms with E-state index in [0.29, 0.717) is 4.90 Å². The molecule has 186 valence electrons. The van der Waals surface area contributed by atoms with E-state index in [4.69, 9.17) is 4.74 Å². The summed E-state index contributed by atoms with van der Waals surface area (Å²) in [7, 11) is -3.07. The third-order valence-electron chi connectivity index (χ3n) is 4.95. The van der Waals surface area contributed by atoms with E-state index in [1.54, 1.807) is 45.0 Å². The van der Waals surface area contributed by atoms with Gasteiger partial charge in [0.25, 0.3) is 5.91 Å². The van der Waals surface area contributed by atoms with Crippen molar-refractivity contribution in [3.63, 3.8) is 0 Å². The summed E-state index contributed by atoms with van der Waals surface area (Å²) in [6.07, 6.45) is 0.852. The molecule has 0 bridgehead atoms. The Labute approximate surface area is 213 Å². The Morgan fingerprint density at radius 2 is 1.42 bits per heavy atom. The summed E-state index contributed by atoms with van der Waals surface area (Å²) in [6.45, 7) is 5.20. The van der Waals surface area contributed by atoms with Crippen LogP contribution in [-0.2, 0) is 25.7 Å². The van der Waals surface area contributed by atoms with Crippen molar-refractivity contribution in [2.24, 2.45) is 4.36 Å². The molecule has 0 saturated carbocycles. The molecule has 0 aromatic heterocycles. The average molecular weight is 503 g/mol. The fourth-order valence-corrected chi connectivity index (χ4v) is 4.46. The van der Waals surface area contributed by atoms with E-state index >= 15 is 0 Å². The molecule has 3 aromatic rings. The molecular weight excluding hydrogens is 472 g/mol. The van der Waals surface area contributed by atoms with E-state index in [2.05, 4.69) is 21.5 Å². The van der Waals surface area contributed by atoms with Gasteiger partial charge in [0.15, 0.2) is 0 Å². The number of rotatable bonds is 5. The Bertz CT molecular complexity index is 1370. The Morgan fingerprint density at radius 3 is 1.97 bits per heavy atom. The summed E-state index contributed by atoms with van der Waals surface area (Å²) in [5, 5.41) is 2.59. The third-order valence-corrected chi connectivity index (χ3v) is 6.63. The number of hydrogen-bond donors (Lipinski definition) is 1. The monoisotopic (exact) mass is 502 g/mol. The van der Waals surface area contributed by atoms with Gasteiger partial charge in [0.1, 0.15) is 11.6 Å². The van der Waals surface area contributed by atoms with E-state index in [1.165, 1.54) is 6.26 Å². The van der Waals surface area contributed by atoms with Crippen LogP contribution >= 0.6 is 0 Å². The number of nitrogens with zero attached hydrogens (tertiary/aromatic N) is 1. The van der Waals surface area contributed by atoms with Crippen molar-refractivity contribution in [2.75, 3.05) is 6.26 Å². The molecule has 0 fully saturated rings. The zero-order chi connectivity index (χ0) is 26.2. The molecule has 1 unspecified atom stereocenters. The Balaban J connectivity index is 1.82. The van der Waals surface area contributed by atoms with Crippen molar-refractivity contribution < 1.29 is 18.5 Å². The van der Waals surface area contributed by atoms with Gasteiger partial charge < -0.3 is 10.1 Å². The van der Waals surface area contributed by atoms with Crippen LogP contribution < -0.4 is 5.32 Å². The Morgan fingerprint density at radius 1 is 0.889 bits per heavy atom. The van der Waals surface area contributed by atoms with Crippen LogP contribution in [0.5, 0.6) is 0 Å². The van der Waals surface area contributed by atoms with Crippen LogP contribution in [0.25, 0.3) is 0 Å². The van der Waals surface area contributed by atoms with Gasteiger partial charge in [-0.3, -0.25) is 4.79 Å². The fraction of sp³-hybridized carbons (Fsp3) is 0.241. The molecule has 0 saturated heterocycles. The second-order valence-electron chi connectivity index (χ2n) is 9.26. The molecule has 2 amide bonds. The molecule has 0 aliphatic heterocycles. The molecule has 36 heavy (non-hydrogen) atoms. The van der Waals surface area contributed by atoms with Gasteiger partial charge in [-0.05, 0) is 62.7 Å². The molecular formula is C29H30N2O4S. The van der Waals surface area contributed by atoms with Crippen LogP contribution in [0.1, 0.15) is 37.5 Å². The van der Waals surface area contributed by atoms with Crippen molar-refractivity contribution >= 4 is 21.7 Å². The summed E-state index contributed by atoms with van der Waals surface area (Å²) < 4.78 is 22.7. The molecule has 2 atom stereocenters. The number of carbonyl (C=O) groups excluding carboxylic acids is 2. The van der Waals surface area contributed by atoms with Crippen molar-refractivity contribution in [3.8, 4) is 11.8 Å². The first-order valence-corrected chi connectivity index (χ1v) is 13.4. The number of carbonyl (C=O) groups is 2. The summed E-state index contributed by atoms with van der Waals surface area (Å²) in [5.41, 5.74) is 1.73. The van der Waals surface area contributed by atoms with Crippen molar-refractivity contribution in [1.82, 2.24) is 5.32 Å². The van der Waals surface area contributed by atoms with Gasteiger partial charge >= 0.3 is 6.09 Å². The molecule has 0 radical (unpaired) electrons.